The van der Waals surface area contributed by atoms with Gasteiger partial charge >= 0.3 is 0 Å². The van der Waals surface area contributed by atoms with Gasteiger partial charge in [0.1, 0.15) is 4.60 Å². The van der Waals surface area contributed by atoms with Crippen LogP contribution in [0.4, 0.5) is 11.4 Å². The number of benzene rings is 1. The smallest absolute Gasteiger partial charge is 0.269 e. The zero-order valence-electron chi connectivity index (χ0n) is 9.86. The Bertz CT molecular complexity index is 747. The molecular weight excluding hydrogens is 350 g/mol. The number of hydrogen-bond acceptors (Lipinski definition) is 5. The summed E-state index contributed by atoms with van der Waals surface area (Å²) in [7, 11) is -3.82. The highest BCUT2D eigenvalue weighted by Crippen LogP contribution is 2.23. The molecule has 1 heterocycles. The van der Waals surface area contributed by atoms with Crippen LogP contribution in [0, 0.1) is 10.1 Å². The van der Waals surface area contributed by atoms with Gasteiger partial charge in [-0.1, -0.05) is 0 Å². The van der Waals surface area contributed by atoms with Crippen molar-refractivity contribution in [1.29, 1.82) is 0 Å². The summed E-state index contributed by atoms with van der Waals surface area (Å²) in [5.74, 6) is 0. The van der Waals surface area contributed by atoms with Crippen LogP contribution in [0.3, 0.4) is 0 Å². The first-order valence-electron chi connectivity index (χ1n) is 5.28. The molecule has 0 aliphatic rings. The topological polar surface area (TPSA) is 102 Å². The number of nitrogens with zero attached hydrogens (tertiary/aromatic N) is 2. The van der Waals surface area contributed by atoms with Crippen molar-refractivity contribution in [2.24, 2.45) is 0 Å². The molecular formula is C11H8BrN3O4S. The predicted octanol–water partition coefficient (Wildman–Crippen LogP) is 2.55. The van der Waals surface area contributed by atoms with E-state index in [9.17, 15) is 18.5 Å². The third kappa shape index (κ3) is 3.11. The lowest BCUT2D eigenvalue weighted by Crippen LogP contribution is -2.13. The summed E-state index contributed by atoms with van der Waals surface area (Å²) < 4.78 is 26.9. The average Bonchev–Trinajstić information content (AvgIpc) is 2.41. The highest BCUT2D eigenvalue weighted by atomic mass is 79.9. The minimum Gasteiger partial charge on any atom is -0.277 e. The first-order chi connectivity index (χ1) is 9.40. The van der Waals surface area contributed by atoms with E-state index in [1.807, 2.05) is 0 Å². The number of anilines is 1. The first-order valence-corrected chi connectivity index (χ1v) is 7.55. The van der Waals surface area contributed by atoms with Gasteiger partial charge in [0.05, 0.1) is 15.5 Å². The van der Waals surface area contributed by atoms with Gasteiger partial charge in [-0.05, 0) is 40.2 Å². The van der Waals surface area contributed by atoms with Gasteiger partial charge in [0, 0.05) is 18.3 Å². The van der Waals surface area contributed by atoms with Crippen molar-refractivity contribution in [2.75, 3.05) is 4.72 Å². The summed E-state index contributed by atoms with van der Waals surface area (Å²) in [6.07, 6.45) is 1.51. The zero-order chi connectivity index (χ0) is 14.8. The molecule has 0 saturated carbocycles. The standard InChI is InChI=1S/C11H8BrN3O4S/c12-11-10(2-1-7-13-11)14-20(18,19)9-5-3-8(4-6-9)15(16)17/h1-7,14H. The molecule has 2 rings (SSSR count). The number of nitro benzene ring substituents is 1. The second-order valence-corrected chi connectivity index (χ2v) is 6.13. The Balaban J connectivity index is 2.31. The van der Waals surface area contributed by atoms with Gasteiger partial charge < -0.3 is 0 Å². The quantitative estimate of drug-likeness (QED) is 0.514. The maximum absolute atomic E-state index is 12.1. The Hall–Kier alpha value is -2.00. The summed E-state index contributed by atoms with van der Waals surface area (Å²) in [6, 6.07) is 7.73. The Morgan fingerprint density at radius 3 is 2.40 bits per heavy atom. The number of nitrogens with one attached hydrogen (secondary N) is 1. The van der Waals surface area contributed by atoms with Crippen LogP contribution >= 0.6 is 15.9 Å². The molecule has 7 nitrogen and oxygen atoms in total. The number of hydrogen-bond donors (Lipinski definition) is 1. The van der Waals surface area contributed by atoms with E-state index in [0.717, 1.165) is 12.1 Å². The van der Waals surface area contributed by atoms with Gasteiger partial charge in [-0.25, -0.2) is 13.4 Å². The van der Waals surface area contributed by atoms with Gasteiger partial charge in [0.15, 0.2) is 0 Å². The summed E-state index contributed by atoms with van der Waals surface area (Å²) in [6.45, 7) is 0. The number of nitro groups is 1. The van der Waals surface area contributed by atoms with Crippen LogP contribution in [-0.4, -0.2) is 18.3 Å². The maximum atomic E-state index is 12.1. The van der Waals surface area contributed by atoms with Gasteiger partial charge in [0.2, 0.25) is 0 Å². The third-order valence-electron chi connectivity index (χ3n) is 2.36. The Morgan fingerprint density at radius 1 is 1.20 bits per heavy atom. The normalized spacial score (nSPS) is 11.1. The van der Waals surface area contributed by atoms with Crippen molar-refractivity contribution < 1.29 is 13.3 Å². The molecule has 2 aromatic rings. The molecule has 0 unspecified atom stereocenters. The molecule has 1 N–H and O–H groups in total. The SMILES string of the molecule is O=[N+]([O-])c1ccc(S(=O)(=O)Nc2cccnc2Br)cc1. The van der Waals surface area contributed by atoms with Crippen LogP contribution in [0.2, 0.25) is 0 Å². The first kappa shape index (κ1) is 14.4. The second-order valence-electron chi connectivity index (χ2n) is 3.70. The Morgan fingerprint density at radius 2 is 1.85 bits per heavy atom. The van der Waals surface area contributed by atoms with Gasteiger partial charge in [-0.15, -0.1) is 0 Å². The third-order valence-corrected chi connectivity index (χ3v) is 4.37. The largest absolute Gasteiger partial charge is 0.277 e. The van der Waals surface area contributed by atoms with Crippen LogP contribution in [-0.2, 0) is 10.0 Å². The predicted molar refractivity (Wildman–Crippen MR) is 75.8 cm³/mol. The lowest BCUT2D eigenvalue weighted by atomic mass is 10.3. The van der Waals surface area contributed by atoms with Crippen LogP contribution in [0.1, 0.15) is 0 Å². The second kappa shape index (κ2) is 5.55. The molecule has 0 amide bonds. The number of rotatable bonds is 4. The van der Waals surface area contributed by atoms with E-state index >= 15 is 0 Å². The summed E-state index contributed by atoms with van der Waals surface area (Å²) in [5.41, 5.74) is 0.109. The average molecular weight is 358 g/mol. The van der Waals surface area contributed by atoms with E-state index in [-0.39, 0.29) is 16.3 Å². The summed E-state index contributed by atoms with van der Waals surface area (Å²) in [5, 5.41) is 10.5. The monoisotopic (exact) mass is 357 g/mol. The van der Waals surface area contributed by atoms with Crippen LogP contribution in [0.15, 0.2) is 52.1 Å². The van der Waals surface area contributed by atoms with Crippen molar-refractivity contribution >= 4 is 37.3 Å². The molecule has 20 heavy (non-hydrogen) atoms. The van der Waals surface area contributed by atoms with Crippen LogP contribution in [0.5, 0.6) is 0 Å². The van der Waals surface area contributed by atoms with Gasteiger partial charge in [0.25, 0.3) is 15.7 Å². The van der Waals surface area contributed by atoms with Crippen molar-refractivity contribution in [3.05, 3.63) is 57.3 Å². The van der Waals surface area contributed by atoms with E-state index in [0.29, 0.717) is 4.60 Å². The lowest BCUT2D eigenvalue weighted by Gasteiger charge is -2.08. The van der Waals surface area contributed by atoms with E-state index in [1.165, 1.54) is 18.3 Å². The minimum atomic E-state index is -3.82. The molecule has 9 heteroatoms. The number of pyridine rings is 1. The van der Waals surface area contributed by atoms with Crippen molar-refractivity contribution in [3.63, 3.8) is 0 Å². The van der Waals surface area contributed by atoms with Gasteiger partial charge in [-0.2, -0.15) is 0 Å². The molecule has 1 aromatic carbocycles. The Labute approximate surface area is 123 Å². The molecule has 0 aliphatic heterocycles. The highest BCUT2D eigenvalue weighted by molar-refractivity contribution is 9.10. The zero-order valence-corrected chi connectivity index (χ0v) is 12.3. The maximum Gasteiger partial charge on any atom is 0.269 e. The molecule has 0 saturated heterocycles. The summed E-state index contributed by atoms with van der Waals surface area (Å²) in [4.78, 5) is 13.8. The van der Waals surface area contributed by atoms with Crippen molar-refractivity contribution in [3.8, 4) is 0 Å². The van der Waals surface area contributed by atoms with Crippen molar-refractivity contribution in [2.45, 2.75) is 4.90 Å². The van der Waals surface area contributed by atoms with Crippen LogP contribution in [0.25, 0.3) is 0 Å². The van der Waals surface area contributed by atoms with Crippen LogP contribution < -0.4 is 4.72 Å². The molecule has 0 aliphatic carbocycles. The fraction of sp³-hybridized carbons (Fsp3) is 0. The van der Waals surface area contributed by atoms with E-state index < -0.39 is 14.9 Å². The van der Waals surface area contributed by atoms with Gasteiger partial charge in [-0.3, -0.25) is 14.8 Å². The van der Waals surface area contributed by atoms with E-state index in [2.05, 4.69) is 25.6 Å². The number of sulfonamides is 1. The Kier molecular flexibility index (Phi) is 4.00. The fourth-order valence-electron chi connectivity index (χ4n) is 1.41. The number of non-ortho nitro benzene ring substituents is 1. The molecule has 0 bridgehead atoms. The highest BCUT2D eigenvalue weighted by Gasteiger charge is 2.17. The minimum absolute atomic E-state index is 0.0705. The molecule has 104 valence electrons. The number of halogens is 1. The molecule has 0 spiro atoms. The fourth-order valence-corrected chi connectivity index (χ4v) is 2.96. The van der Waals surface area contributed by atoms with E-state index in [1.54, 1.807) is 12.1 Å². The van der Waals surface area contributed by atoms with E-state index in [4.69, 9.17) is 0 Å². The molecule has 0 radical (unpaired) electrons. The molecule has 0 atom stereocenters. The van der Waals surface area contributed by atoms with Crippen molar-refractivity contribution in [1.82, 2.24) is 4.98 Å². The lowest BCUT2D eigenvalue weighted by molar-refractivity contribution is -0.384. The number of aromatic nitrogens is 1. The molecule has 1 aromatic heterocycles. The summed E-state index contributed by atoms with van der Waals surface area (Å²) >= 11 is 3.12. The molecule has 0 fully saturated rings.